The molecule has 0 aromatic rings. The molecule has 0 saturated heterocycles. The summed E-state index contributed by atoms with van der Waals surface area (Å²) in [5.41, 5.74) is 0. The Labute approximate surface area is 98.1 Å². The molecular formula is C10H22N2O3S. The minimum Gasteiger partial charge on any atom is -0.385 e. The van der Waals surface area contributed by atoms with Gasteiger partial charge in [0.05, 0.1) is 0 Å². The largest absolute Gasteiger partial charge is 0.385 e. The van der Waals surface area contributed by atoms with Crippen molar-refractivity contribution >= 4 is 10.2 Å². The molecule has 0 aromatic carbocycles. The first kappa shape index (κ1) is 13.9. The summed E-state index contributed by atoms with van der Waals surface area (Å²) < 4.78 is 33.3. The Bertz CT molecular complexity index is 274. The van der Waals surface area contributed by atoms with Crippen molar-refractivity contribution in [3.8, 4) is 0 Å². The smallest absolute Gasteiger partial charge is 0.277 e. The van der Waals surface area contributed by atoms with Gasteiger partial charge in [-0.25, -0.2) is 4.72 Å². The van der Waals surface area contributed by atoms with E-state index in [4.69, 9.17) is 4.74 Å². The van der Waals surface area contributed by atoms with Crippen LogP contribution < -0.4 is 9.44 Å². The van der Waals surface area contributed by atoms with Gasteiger partial charge in [-0.15, -0.1) is 0 Å². The van der Waals surface area contributed by atoms with Gasteiger partial charge in [-0.05, 0) is 19.3 Å². The molecule has 1 rings (SSSR count). The second kappa shape index (κ2) is 7.21. The van der Waals surface area contributed by atoms with Crippen molar-refractivity contribution in [3.63, 3.8) is 0 Å². The Kier molecular flexibility index (Phi) is 6.26. The van der Waals surface area contributed by atoms with Crippen LogP contribution in [-0.4, -0.2) is 34.7 Å². The van der Waals surface area contributed by atoms with Crippen molar-refractivity contribution in [2.24, 2.45) is 0 Å². The standard InChI is InChI=1S/C10H22N2O3S/c1-15-9-5-8-11-16(13,14)12-10-6-3-2-4-7-10/h10-12H,2-9H2,1H3. The molecule has 0 atom stereocenters. The van der Waals surface area contributed by atoms with E-state index < -0.39 is 10.2 Å². The van der Waals surface area contributed by atoms with Crippen LogP contribution >= 0.6 is 0 Å². The van der Waals surface area contributed by atoms with Gasteiger partial charge in [0.15, 0.2) is 0 Å². The third kappa shape index (κ3) is 5.79. The highest BCUT2D eigenvalue weighted by molar-refractivity contribution is 7.87. The molecule has 0 heterocycles. The lowest BCUT2D eigenvalue weighted by Gasteiger charge is -2.22. The highest BCUT2D eigenvalue weighted by atomic mass is 32.2. The van der Waals surface area contributed by atoms with Crippen LogP contribution in [0.15, 0.2) is 0 Å². The third-order valence-corrected chi connectivity index (χ3v) is 3.97. The highest BCUT2D eigenvalue weighted by Gasteiger charge is 2.19. The number of ether oxygens (including phenoxy) is 1. The van der Waals surface area contributed by atoms with Crippen molar-refractivity contribution in [1.82, 2.24) is 9.44 Å². The van der Waals surface area contributed by atoms with Gasteiger partial charge in [-0.3, -0.25) is 0 Å². The molecule has 16 heavy (non-hydrogen) atoms. The van der Waals surface area contributed by atoms with Gasteiger partial charge >= 0.3 is 0 Å². The number of hydrogen-bond acceptors (Lipinski definition) is 3. The molecule has 5 nitrogen and oxygen atoms in total. The summed E-state index contributed by atoms with van der Waals surface area (Å²) in [4.78, 5) is 0. The highest BCUT2D eigenvalue weighted by Crippen LogP contribution is 2.17. The number of rotatable bonds is 7. The first-order valence-electron chi connectivity index (χ1n) is 5.90. The van der Waals surface area contributed by atoms with E-state index in [0.717, 1.165) is 25.7 Å². The van der Waals surface area contributed by atoms with Crippen LogP contribution in [0.1, 0.15) is 38.5 Å². The molecule has 1 aliphatic carbocycles. The van der Waals surface area contributed by atoms with Gasteiger partial charge in [-0.1, -0.05) is 19.3 Å². The summed E-state index contributed by atoms with van der Waals surface area (Å²) in [6.07, 6.45) is 6.08. The maximum atomic E-state index is 11.6. The van der Waals surface area contributed by atoms with E-state index in [1.165, 1.54) is 6.42 Å². The predicted molar refractivity (Wildman–Crippen MR) is 63.4 cm³/mol. The predicted octanol–water partition coefficient (Wildman–Crippen LogP) is 0.780. The minimum absolute atomic E-state index is 0.119. The van der Waals surface area contributed by atoms with Crippen LogP contribution in [0.2, 0.25) is 0 Å². The van der Waals surface area contributed by atoms with E-state index in [9.17, 15) is 8.42 Å². The van der Waals surface area contributed by atoms with E-state index in [1.54, 1.807) is 7.11 Å². The molecular weight excluding hydrogens is 228 g/mol. The maximum absolute atomic E-state index is 11.6. The van der Waals surface area contributed by atoms with Crippen LogP contribution in [-0.2, 0) is 14.9 Å². The van der Waals surface area contributed by atoms with Crippen molar-refractivity contribution < 1.29 is 13.2 Å². The molecule has 0 aromatic heterocycles. The Balaban J connectivity index is 2.22. The molecule has 1 fully saturated rings. The lowest BCUT2D eigenvalue weighted by Crippen LogP contribution is -2.43. The number of hydrogen-bond donors (Lipinski definition) is 2. The van der Waals surface area contributed by atoms with E-state index in [-0.39, 0.29) is 6.04 Å². The fourth-order valence-electron chi connectivity index (χ4n) is 1.90. The average Bonchev–Trinajstić information content (AvgIpc) is 2.25. The fraction of sp³-hybridized carbons (Fsp3) is 1.00. The summed E-state index contributed by atoms with van der Waals surface area (Å²) in [6, 6.07) is 0.119. The molecule has 0 unspecified atom stereocenters. The van der Waals surface area contributed by atoms with Gasteiger partial charge < -0.3 is 4.74 Å². The lowest BCUT2D eigenvalue weighted by molar-refractivity contribution is 0.196. The molecule has 96 valence electrons. The zero-order valence-corrected chi connectivity index (χ0v) is 10.7. The minimum atomic E-state index is -3.32. The second-order valence-corrected chi connectivity index (χ2v) is 5.73. The van der Waals surface area contributed by atoms with Gasteiger partial charge in [0.1, 0.15) is 0 Å². The summed E-state index contributed by atoms with van der Waals surface area (Å²) in [5.74, 6) is 0. The monoisotopic (exact) mass is 250 g/mol. The number of methoxy groups -OCH3 is 1. The topological polar surface area (TPSA) is 67.4 Å². The lowest BCUT2D eigenvalue weighted by atomic mass is 9.96. The molecule has 1 aliphatic rings. The SMILES string of the molecule is COCCCNS(=O)(=O)NC1CCCCC1. The van der Waals surface area contributed by atoms with Crippen LogP contribution in [0.25, 0.3) is 0 Å². The second-order valence-electron chi connectivity index (χ2n) is 4.20. The Morgan fingerprint density at radius 1 is 1.25 bits per heavy atom. The Hall–Kier alpha value is -0.170. The van der Waals surface area contributed by atoms with Crippen LogP contribution in [0, 0.1) is 0 Å². The van der Waals surface area contributed by atoms with Crippen molar-refractivity contribution in [3.05, 3.63) is 0 Å². The van der Waals surface area contributed by atoms with E-state index in [0.29, 0.717) is 19.6 Å². The normalized spacial score (nSPS) is 18.8. The fourth-order valence-corrected chi connectivity index (χ4v) is 3.08. The molecule has 0 radical (unpaired) electrons. The van der Waals surface area contributed by atoms with Gasteiger partial charge in [0.2, 0.25) is 0 Å². The molecule has 6 heteroatoms. The summed E-state index contributed by atoms with van der Waals surface area (Å²) >= 11 is 0. The van der Waals surface area contributed by atoms with E-state index >= 15 is 0 Å². The van der Waals surface area contributed by atoms with Crippen LogP contribution in [0.5, 0.6) is 0 Å². The molecule has 1 saturated carbocycles. The van der Waals surface area contributed by atoms with E-state index in [2.05, 4.69) is 9.44 Å². The van der Waals surface area contributed by atoms with Crippen LogP contribution in [0.4, 0.5) is 0 Å². The first-order chi connectivity index (χ1) is 7.64. The molecule has 0 amide bonds. The summed E-state index contributed by atoms with van der Waals surface area (Å²) in [7, 11) is -1.71. The van der Waals surface area contributed by atoms with E-state index in [1.807, 2.05) is 0 Å². The molecule has 2 N–H and O–H groups in total. The van der Waals surface area contributed by atoms with Crippen molar-refractivity contribution in [2.45, 2.75) is 44.6 Å². The summed E-state index contributed by atoms with van der Waals surface area (Å²) in [6.45, 7) is 1.00. The van der Waals surface area contributed by atoms with Crippen molar-refractivity contribution in [2.75, 3.05) is 20.3 Å². The molecule has 0 bridgehead atoms. The summed E-state index contributed by atoms with van der Waals surface area (Å²) in [5, 5.41) is 0. The van der Waals surface area contributed by atoms with Gasteiger partial charge in [0.25, 0.3) is 10.2 Å². The number of nitrogens with one attached hydrogen (secondary N) is 2. The maximum Gasteiger partial charge on any atom is 0.277 e. The zero-order valence-electron chi connectivity index (χ0n) is 9.87. The average molecular weight is 250 g/mol. The quantitative estimate of drug-likeness (QED) is 0.656. The van der Waals surface area contributed by atoms with Crippen LogP contribution in [0.3, 0.4) is 0 Å². The Morgan fingerprint density at radius 2 is 1.94 bits per heavy atom. The Morgan fingerprint density at radius 3 is 2.56 bits per heavy atom. The first-order valence-corrected chi connectivity index (χ1v) is 7.38. The van der Waals surface area contributed by atoms with Crippen molar-refractivity contribution in [1.29, 1.82) is 0 Å². The zero-order chi connectivity index (χ0) is 11.9. The third-order valence-electron chi connectivity index (χ3n) is 2.74. The van der Waals surface area contributed by atoms with Gasteiger partial charge in [-0.2, -0.15) is 13.1 Å². The molecule has 0 spiro atoms. The van der Waals surface area contributed by atoms with Gasteiger partial charge in [0, 0.05) is 26.3 Å². The molecule has 0 aliphatic heterocycles.